The highest BCUT2D eigenvalue weighted by Gasteiger charge is 2.25. The van der Waals surface area contributed by atoms with Crippen molar-refractivity contribution in [1.29, 1.82) is 0 Å². The van der Waals surface area contributed by atoms with Gasteiger partial charge in [-0.1, -0.05) is 13.8 Å². The molecule has 1 amide bonds. The molecule has 0 saturated carbocycles. The van der Waals surface area contributed by atoms with E-state index in [2.05, 4.69) is 46.3 Å². The number of hydrogen-bond acceptors (Lipinski definition) is 7. The van der Waals surface area contributed by atoms with E-state index in [1.807, 2.05) is 29.2 Å². The van der Waals surface area contributed by atoms with Gasteiger partial charge in [0.25, 0.3) is 5.91 Å². The van der Waals surface area contributed by atoms with E-state index in [1.54, 1.807) is 26.5 Å². The van der Waals surface area contributed by atoms with Crippen LogP contribution in [-0.2, 0) is 0 Å². The Bertz CT molecular complexity index is 1200. The SMILES string of the molecule is CCN(CC)CCN(C(=O)c1cc(OC)c(OC)cc1I)c1ccnc2cc3c(cc12)OCO3. The molecule has 180 valence electrons. The minimum atomic E-state index is -0.123. The van der Waals surface area contributed by atoms with Crippen LogP contribution in [0.2, 0.25) is 0 Å². The van der Waals surface area contributed by atoms with Crippen molar-refractivity contribution >= 4 is 45.1 Å². The van der Waals surface area contributed by atoms with E-state index in [1.165, 1.54) is 0 Å². The van der Waals surface area contributed by atoms with Gasteiger partial charge >= 0.3 is 0 Å². The third-order valence-corrected chi connectivity index (χ3v) is 6.88. The van der Waals surface area contributed by atoms with Crippen LogP contribution in [0.4, 0.5) is 5.69 Å². The van der Waals surface area contributed by atoms with Crippen molar-refractivity contribution in [2.24, 2.45) is 0 Å². The van der Waals surface area contributed by atoms with Crippen LogP contribution in [0, 0.1) is 3.57 Å². The smallest absolute Gasteiger partial charge is 0.259 e. The van der Waals surface area contributed by atoms with Crippen LogP contribution in [0.1, 0.15) is 24.2 Å². The average molecular weight is 577 g/mol. The number of amides is 1. The number of hydrogen-bond donors (Lipinski definition) is 0. The molecule has 4 rings (SSSR count). The number of carbonyl (C=O) groups is 1. The van der Waals surface area contributed by atoms with Crippen molar-refractivity contribution < 1.29 is 23.7 Å². The molecule has 8 nitrogen and oxygen atoms in total. The predicted octanol–water partition coefficient (Wildman–Crippen LogP) is 4.57. The number of carbonyl (C=O) groups excluding carboxylic acids is 1. The summed E-state index contributed by atoms with van der Waals surface area (Å²) in [7, 11) is 3.15. The molecule has 3 aromatic rings. The van der Waals surface area contributed by atoms with E-state index < -0.39 is 0 Å². The minimum Gasteiger partial charge on any atom is -0.493 e. The van der Waals surface area contributed by atoms with Gasteiger partial charge in [0.15, 0.2) is 23.0 Å². The van der Waals surface area contributed by atoms with Gasteiger partial charge in [-0.2, -0.15) is 0 Å². The van der Waals surface area contributed by atoms with Crippen LogP contribution in [0.5, 0.6) is 23.0 Å². The molecule has 0 aliphatic carbocycles. The molecule has 0 fully saturated rings. The molecule has 1 aliphatic rings. The number of aromatic nitrogens is 1. The molecule has 0 N–H and O–H groups in total. The molecule has 0 unspecified atom stereocenters. The van der Waals surface area contributed by atoms with Gasteiger partial charge in [0.1, 0.15) is 0 Å². The molecule has 0 atom stereocenters. The molecular formula is C25H28IN3O5. The standard InChI is InChI=1S/C25H28IN3O5/c1-5-28(6-2)9-10-29(25(30)16-11-21(31-3)22(32-4)13-18(16)26)20-7-8-27-19-14-24-23(12-17(19)20)33-15-34-24/h7-8,11-14H,5-6,9-10,15H2,1-4H3. The normalized spacial score (nSPS) is 12.3. The van der Waals surface area contributed by atoms with Crippen molar-refractivity contribution in [3.05, 3.63) is 45.7 Å². The van der Waals surface area contributed by atoms with Crippen LogP contribution >= 0.6 is 22.6 Å². The molecule has 0 bridgehead atoms. The van der Waals surface area contributed by atoms with E-state index in [-0.39, 0.29) is 12.7 Å². The third kappa shape index (κ3) is 4.72. The Morgan fingerprint density at radius 1 is 1.03 bits per heavy atom. The summed E-state index contributed by atoms with van der Waals surface area (Å²) >= 11 is 2.17. The van der Waals surface area contributed by atoms with Crippen molar-refractivity contribution in [3.8, 4) is 23.0 Å². The second-order valence-electron chi connectivity index (χ2n) is 7.72. The highest BCUT2D eigenvalue weighted by molar-refractivity contribution is 14.1. The van der Waals surface area contributed by atoms with E-state index >= 15 is 0 Å². The van der Waals surface area contributed by atoms with Gasteiger partial charge in [-0.25, -0.2) is 0 Å². The lowest BCUT2D eigenvalue weighted by Crippen LogP contribution is -2.39. The average Bonchev–Trinajstić information content (AvgIpc) is 3.32. The lowest BCUT2D eigenvalue weighted by molar-refractivity contribution is 0.0982. The summed E-state index contributed by atoms with van der Waals surface area (Å²) in [5.74, 6) is 2.28. The van der Waals surface area contributed by atoms with Gasteiger partial charge in [-0.05, 0) is 59.9 Å². The number of methoxy groups -OCH3 is 2. The first-order valence-corrected chi connectivity index (χ1v) is 12.2. The van der Waals surface area contributed by atoms with Crippen molar-refractivity contribution in [2.45, 2.75) is 13.8 Å². The second-order valence-corrected chi connectivity index (χ2v) is 8.89. The molecule has 9 heteroatoms. The Morgan fingerprint density at radius 2 is 1.71 bits per heavy atom. The van der Waals surface area contributed by atoms with E-state index in [0.717, 1.165) is 39.8 Å². The summed E-state index contributed by atoms with van der Waals surface area (Å²) in [4.78, 5) is 22.6. The topological polar surface area (TPSA) is 73.4 Å². The van der Waals surface area contributed by atoms with Crippen molar-refractivity contribution in [2.75, 3.05) is 52.1 Å². The van der Waals surface area contributed by atoms with Crippen LogP contribution < -0.4 is 23.8 Å². The minimum absolute atomic E-state index is 0.123. The summed E-state index contributed by atoms with van der Waals surface area (Å²) in [6.07, 6.45) is 1.72. The number of nitrogens with zero attached hydrogens (tertiary/aromatic N) is 3. The highest BCUT2D eigenvalue weighted by Crippen LogP contribution is 2.39. The summed E-state index contributed by atoms with van der Waals surface area (Å²) in [5, 5.41) is 0.829. The zero-order chi connectivity index (χ0) is 24.2. The molecule has 34 heavy (non-hydrogen) atoms. The van der Waals surface area contributed by atoms with Crippen molar-refractivity contribution in [1.82, 2.24) is 9.88 Å². The largest absolute Gasteiger partial charge is 0.493 e. The number of pyridine rings is 1. The lowest BCUT2D eigenvalue weighted by Gasteiger charge is -2.28. The number of likely N-dealkylation sites (N-methyl/N-ethyl adjacent to an activating group) is 1. The molecule has 0 spiro atoms. The first-order valence-electron chi connectivity index (χ1n) is 11.1. The Morgan fingerprint density at radius 3 is 2.38 bits per heavy atom. The molecule has 2 heterocycles. The lowest BCUT2D eigenvalue weighted by atomic mass is 10.1. The second kappa shape index (κ2) is 10.6. The maximum absolute atomic E-state index is 14.0. The van der Waals surface area contributed by atoms with Gasteiger partial charge in [-0.15, -0.1) is 0 Å². The maximum Gasteiger partial charge on any atom is 0.259 e. The molecule has 1 aliphatic heterocycles. The summed E-state index contributed by atoms with van der Waals surface area (Å²) < 4.78 is 22.8. The fourth-order valence-corrected chi connectivity index (χ4v) is 4.70. The highest BCUT2D eigenvalue weighted by atomic mass is 127. The molecular weight excluding hydrogens is 549 g/mol. The van der Waals surface area contributed by atoms with E-state index in [4.69, 9.17) is 18.9 Å². The fourth-order valence-electron chi connectivity index (χ4n) is 4.03. The van der Waals surface area contributed by atoms with Gasteiger partial charge in [0, 0.05) is 34.3 Å². The summed E-state index contributed by atoms with van der Waals surface area (Å²) in [6, 6.07) is 9.19. The molecule has 0 radical (unpaired) electrons. The fraction of sp³-hybridized carbons (Fsp3) is 0.360. The predicted molar refractivity (Wildman–Crippen MR) is 140 cm³/mol. The Labute approximate surface area is 212 Å². The van der Waals surface area contributed by atoms with Gasteiger partial charge < -0.3 is 28.7 Å². The van der Waals surface area contributed by atoms with Crippen LogP contribution in [0.3, 0.4) is 0 Å². The number of rotatable bonds is 9. The van der Waals surface area contributed by atoms with Crippen LogP contribution in [0.15, 0.2) is 36.5 Å². The quantitative estimate of drug-likeness (QED) is 0.345. The Hall–Kier alpha value is -2.79. The number of anilines is 1. The van der Waals surface area contributed by atoms with Crippen molar-refractivity contribution in [3.63, 3.8) is 0 Å². The van der Waals surface area contributed by atoms with Gasteiger partial charge in [-0.3, -0.25) is 9.78 Å². The summed E-state index contributed by atoms with van der Waals surface area (Å²) in [5.41, 5.74) is 2.05. The first kappa shape index (κ1) is 24.3. The Balaban J connectivity index is 1.82. The third-order valence-electron chi connectivity index (χ3n) is 5.99. The molecule has 2 aromatic carbocycles. The number of benzene rings is 2. The first-order chi connectivity index (χ1) is 16.5. The zero-order valence-electron chi connectivity index (χ0n) is 19.8. The Kier molecular flexibility index (Phi) is 7.62. The zero-order valence-corrected chi connectivity index (χ0v) is 21.9. The number of fused-ring (bicyclic) bond motifs is 2. The molecule has 1 aromatic heterocycles. The number of ether oxygens (including phenoxy) is 4. The maximum atomic E-state index is 14.0. The summed E-state index contributed by atoms with van der Waals surface area (Å²) in [6.45, 7) is 7.47. The molecule has 0 saturated heterocycles. The number of halogens is 1. The van der Waals surface area contributed by atoms with Gasteiger partial charge in [0.2, 0.25) is 6.79 Å². The monoisotopic (exact) mass is 577 g/mol. The van der Waals surface area contributed by atoms with E-state index in [9.17, 15) is 4.79 Å². The van der Waals surface area contributed by atoms with Crippen LogP contribution in [-0.4, -0.2) is 63.0 Å². The van der Waals surface area contributed by atoms with E-state index in [0.29, 0.717) is 35.1 Å². The van der Waals surface area contributed by atoms with Gasteiger partial charge in [0.05, 0.1) is 31.0 Å². The van der Waals surface area contributed by atoms with Crippen LogP contribution in [0.25, 0.3) is 10.9 Å².